The standard InChI is InChI=1S/C13H22N2O3/c1-9-7-10(9)14-12(18)15-13(8-11(16)17)5-3-2-4-6-13/h9-10H,2-8H2,1H3,(H,16,17)(H2,14,15,18). The molecule has 2 fully saturated rings. The molecule has 0 heterocycles. The molecule has 2 aliphatic rings. The summed E-state index contributed by atoms with van der Waals surface area (Å²) in [5.74, 6) is -0.283. The highest BCUT2D eigenvalue weighted by molar-refractivity contribution is 5.77. The van der Waals surface area contributed by atoms with Crippen molar-refractivity contribution in [3.63, 3.8) is 0 Å². The Morgan fingerprint density at radius 2 is 1.89 bits per heavy atom. The van der Waals surface area contributed by atoms with Gasteiger partial charge in [-0.1, -0.05) is 26.2 Å². The number of aliphatic carboxylic acids is 1. The van der Waals surface area contributed by atoms with Gasteiger partial charge in [-0.3, -0.25) is 4.79 Å². The highest BCUT2D eigenvalue weighted by Crippen LogP contribution is 2.32. The third-order valence-electron chi connectivity index (χ3n) is 4.10. The highest BCUT2D eigenvalue weighted by Gasteiger charge is 2.38. The number of hydrogen-bond donors (Lipinski definition) is 3. The molecule has 3 N–H and O–H groups in total. The van der Waals surface area contributed by atoms with Crippen LogP contribution in [0.25, 0.3) is 0 Å². The van der Waals surface area contributed by atoms with Gasteiger partial charge in [0, 0.05) is 6.04 Å². The first-order valence-corrected chi connectivity index (χ1v) is 6.81. The zero-order chi connectivity index (χ0) is 13.2. The monoisotopic (exact) mass is 254 g/mol. The first-order valence-electron chi connectivity index (χ1n) is 6.81. The van der Waals surface area contributed by atoms with E-state index >= 15 is 0 Å². The molecule has 2 saturated carbocycles. The second kappa shape index (κ2) is 5.16. The Morgan fingerprint density at radius 1 is 1.28 bits per heavy atom. The first-order chi connectivity index (χ1) is 8.51. The van der Waals surface area contributed by atoms with E-state index in [1.165, 1.54) is 0 Å². The van der Waals surface area contributed by atoms with Gasteiger partial charge >= 0.3 is 12.0 Å². The van der Waals surface area contributed by atoms with Crippen molar-refractivity contribution in [2.24, 2.45) is 5.92 Å². The van der Waals surface area contributed by atoms with Crippen LogP contribution in [0.15, 0.2) is 0 Å². The fourth-order valence-corrected chi connectivity index (χ4v) is 2.83. The van der Waals surface area contributed by atoms with Crippen molar-refractivity contribution in [1.29, 1.82) is 0 Å². The van der Waals surface area contributed by atoms with Crippen LogP contribution < -0.4 is 10.6 Å². The Kier molecular flexibility index (Phi) is 3.78. The molecule has 102 valence electrons. The maximum absolute atomic E-state index is 11.9. The molecule has 2 unspecified atom stereocenters. The molecule has 0 bridgehead atoms. The maximum Gasteiger partial charge on any atom is 0.315 e. The van der Waals surface area contributed by atoms with E-state index in [9.17, 15) is 9.59 Å². The summed E-state index contributed by atoms with van der Waals surface area (Å²) in [6.07, 6.45) is 5.71. The number of carboxylic acids is 1. The Labute approximate surface area is 107 Å². The summed E-state index contributed by atoms with van der Waals surface area (Å²) in [6.45, 7) is 2.10. The van der Waals surface area contributed by atoms with Crippen LogP contribution in [0.3, 0.4) is 0 Å². The lowest BCUT2D eigenvalue weighted by molar-refractivity contribution is -0.139. The van der Waals surface area contributed by atoms with Gasteiger partial charge in [0.2, 0.25) is 0 Å². The van der Waals surface area contributed by atoms with E-state index in [2.05, 4.69) is 17.6 Å². The second-order valence-electron chi connectivity index (χ2n) is 5.83. The highest BCUT2D eigenvalue weighted by atomic mass is 16.4. The summed E-state index contributed by atoms with van der Waals surface area (Å²) >= 11 is 0. The molecule has 5 nitrogen and oxygen atoms in total. The molecule has 0 radical (unpaired) electrons. The van der Waals surface area contributed by atoms with Gasteiger partial charge in [0.1, 0.15) is 0 Å². The number of hydrogen-bond acceptors (Lipinski definition) is 2. The molecule has 2 atom stereocenters. The molecule has 0 aromatic carbocycles. The van der Waals surface area contributed by atoms with Crippen molar-refractivity contribution in [2.45, 2.75) is 63.5 Å². The molecule has 2 rings (SSSR count). The van der Waals surface area contributed by atoms with Crippen LogP contribution in [-0.2, 0) is 4.79 Å². The van der Waals surface area contributed by atoms with Gasteiger partial charge in [-0.2, -0.15) is 0 Å². The van der Waals surface area contributed by atoms with E-state index < -0.39 is 11.5 Å². The molecule has 2 aliphatic carbocycles. The summed E-state index contributed by atoms with van der Waals surface area (Å²) in [7, 11) is 0. The predicted molar refractivity (Wildman–Crippen MR) is 67.3 cm³/mol. The van der Waals surface area contributed by atoms with Crippen LogP contribution in [0, 0.1) is 5.92 Å². The van der Waals surface area contributed by atoms with Crippen molar-refractivity contribution < 1.29 is 14.7 Å². The molecule has 0 aromatic heterocycles. The molecule has 5 heteroatoms. The summed E-state index contributed by atoms with van der Waals surface area (Å²) in [5.41, 5.74) is -0.535. The minimum absolute atomic E-state index is 0.0284. The van der Waals surface area contributed by atoms with Gasteiger partial charge in [0.15, 0.2) is 0 Å². The van der Waals surface area contributed by atoms with Crippen molar-refractivity contribution >= 4 is 12.0 Å². The topological polar surface area (TPSA) is 78.4 Å². The Balaban J connectivity index is 1.91. The van der Waals surface area contributed by atoms with Crippen LogP contribution in [0.5, 0.6) is 0 Å². The van der Waals surface area contributed by atoms with Gasteiger partial charge < -0.3 is 15.7 Å². The van der Waals surface area contributed by atoms with Gasteiger partial charge in [-0.15, -0.1) is 0 Å². The Hall–Kier alpha value is -1.26. The molecule has 0 aromatic rings. The lowest BCUT2D eigenvalue weighted by Gasteiger charge is -2.37. The van der Waals surface area contributed by atoms with E-state index in [0.29, 0.717) is 5.92 Å². The first kappa shape index (κ1) is 13.2. The zero-order valence-corrected chi connectivity index (χ0v) is 10.9. The summed E-state index contributed by atoms with van der Waals surface area (Å²) in [4.78, 5) is 22.8. The number of carboxylic acid groups (broad SMARTS) is 1. The van der Waals surface area contributed by atoms with Gasteiger partial charge in [0.05, 0.1) is 12.0 Å². The average molecular weight is 254 g/mol. The zero-order valence-electron chi connectivity index (χ0n) is 10.9. The van der Waals surface area contributed by atoms with Gasteiger partial charge in [-0.05, 0) is 25.2 Å². The molecular weight excluding hydrogens is 232 g/mol. The van der Waals surface area contributed by atoms with E-state index in [1.807, 2.05) is 0 Å². The lowest BCUT2D eigenvalue weighted by atomic mass is 9.79. The van der Waals surface area contributed by atoms with Crippen molar-refractivity contribution in [2.75, 3.05) is 0 Å². The van der Waals surface area contributed by atoms with Crippen LogP contribution in [0.4, 0.5) is 4.79 Å². The molecule has 0 aliphatic heterocycles. The van der Waals surface area contributed by atoms with Crippen LogP contribution in [-0.4, -0.2) is 28.7 Å². The second-order valence-corrected chi connectivity index (χ2v) is 5.83. The van der Waals surface area contributed by atoms with Gasteiger partial charge in [0.25, 0.3) is 0 Å². The third kappa shape index (κ3) is 3.37. The molecular formula is C13H22N2O3. The quantitative estimate of drug-likeness (QED) is 0.716. The number of amides is 2. The summed E-state index contributed by atoms with van der Waals surface area (Å²) < 4.78 is 0. The maximum atomic E-state index is 11.9. The number of nitrogens with one attached hydrogen (secondary N) is 2. The molecule has 18 heavy (non-hydrogen) atoms. The molecule has 0 spiro atoms. The fraction of sp³-hybridized carbons (Fsp3) is 0.846. The molecule has 2 amide bonds. The number of urea groups is 1. The van der Waals surface area contributed by atoms with Crippen molar-refractivity contribution in [1.82, 2.24) is 10.6 Å². The van der Waals surface area contributed by atoms with E-state index in [4.69, 9.17) is 5.11 Å². The van der Waals surface area contributed by atoms with Crippen LogP contribution >= 0.6 is 0 Å². The average Bonchev–Trinajstić information content (AvgIpc) is 2.93. The van der Waals surface area contributed by atoms with Crippen molar-refractivity contribution in [3.05, 3.63) is 0 Å². The summed E-state index contributed by atoms with van der Waals surface area (Å²) in [6, 6.07) is 0.0722. The fourth-order valence-electron chi connectivity index (χ4n) is 2.83. The smallest absolute Gasteiger partial charge is 0.315 e. The summed E-state index contributed by atoms with van der Waals surface area (Å²) in [5, 5.41) is 14.8. The largest absolute Gasteiger partial charge is 0.481 e. The normalized spacial score (nSPS) is 29.4. The SMILES string of the molecule is CC1CC1NC(=O)NC1(CC(=O)O)CCCCC1. The Bertz CT molecular complexity index is 337. The minimum Gasteiger partial charge on any atom is -0.481 e. The van der Waals surface area contributed by atoms with Gasteiger partial charge in [-0.25, -0.2) is 4.79 Å². The van der Waals surface area contributed by atoms with Crippen molar-refractivity contribution in [3.8, 4) is 0 Å². The third-order valence-corrected chi connectivity index (χ3v) is 4.10. The predicted octanol–water partition coefficient (Wildman–Crippen LogP) is 1.87. The number of rotatable bonds is 4. The Morgan fingerprint density at radius 3 is 2.39 bits per heavy atom. The molecule has 0 saturated heterocycles. The number of carbonyl (C=O) groups is 2. The lowest BCUT2D eigenvalue weighted by Crippen LogP contribution is -2.54. The van der Waals surface area contributed by atoms with E-state index in [-0.39, 0.29) is 18.5 Å². The van der Waals surface area contributed by atoms with E-state index in [0.717, 1.165) is 38.5 Å². The number of carbonyl (C=O) groups excluding carboxylic acids is 1. The van der Waals surface area contributed by atoms with Crippen LogP contribution in [0.1, 0.15) is 51.9 Å². The van der Waals surface area contributed by atoms with Crippen LogP contribution in [0.2, 0.25) is 0 Å². The minimum atomic E-state index is -0.836. The van der Waals surface area contributed by atoms with E-state index in [1.54, 1.807) is 0 Å².